The molecule has 1 saturated carbocycles. The Bertz CT molecular complexity index is 1030. The second-order valence-electron chi connectivity index (χ2n) is 6.24. The molecular weight excluding hydrogens is 409 g/mol. The standard InChI is InChI=1S/C15H14ClF3N4O3S/c1-23-7-9(27(25,26)22-14(3-4-14)15(17,18)19)11(12(23)13(20)24)8-2-5-21-10(16)6-8/h2,5-7,22H,3-4H2,1H3,(H2,20,24). The smallest absolute Gasteiger partial charge is 0.364 e. The molecule has 0 aliphatic heterocycles. The maximum atomic E-state index is 13.2. The molecule has 1 aliphatic carbocycles. The molecule has 1 fully saturated rings. The zero-order chi connectivity index (χ0) is 20.2. The second-order valence-corrected chi connectivity index (χ2v) is 8.28. The lowest BCUT2D eigenvalue weighted by Crippen LogP contribution is -2.47. The molecule has 0 atom stereocenters. The monoisotopic (exact) mass is 422 g/mol. The van der Waals surface area contributed by atoms with Gasteiger partial charge < -0.3 is 10.3 Å². The lowest BCUT2D eigenvalue weighted by molar-refractivity contribution is -0.160. The first-order valence-electron chi connectivity index (χ1n) is 7.60. The number of hydrogen-bond donors (Lipinski definition) is 2. The van der Waals surface area contributed by atoms with Crippen molar-refractivity contribution in [2.45, 2.75) is 29.5 Å². The zero-order valence-electron chi connectivity index (χ0n) is 13.8. The number of nitrogens with one attached hydrogen (secondary N) is 1. The van der Waals surface area contributed by atoms with E-state index in [1.54, 1.807) is 4.72 Å². The van der Waals surface area contributed by atoms with Crippen LogP contribution in [0.25, 0.3) is 11.1 Å². The van der Waals surface area contributed by atoms with Crippen LogP contribution in [0.1, 0.15) is 23.3 Å². The fraction of sp³-hybridized carbons (Fsp3) is 0.333. The van der Waals surface area contributed by atoms with Crippen LogP contribution in [0.2, 0.25) is 5.15 Å². The maximum absolute atomic E-state index is 13.2. The predicted octanol–water partition coefficient (Wildman–Crippen LogP) is 2.21. The van der Waals surface area contributed by atoms with Gasteiger partial charge in [0.1, 0.15) is 21.3 Å². The largest absolute Gasteiger partial charge is 0.407 e. The van der Waals surface area contributed by atoms with Crippen LogP contribution in [0.3, 0.4) is 0 Å². The molecule has 0 spiro atoms. The summed E-state index contributed by atoms with van der Waals surface area (Å²) in [6, 6.07) is 2.67. The average molecular weight is 423 g/mol. The SMILES string of the molecule is Cn1cc(S(=O)(=O)NC2(C(F)(F)F)CC2)c(-c2ccnc(Cl)c2)c1C(N)=O. The van der Waals surface area contributed by atoms with E-state index in [0.29, 0.717) is 0 Å². The summed E-state index contributed by atoms with van der Waals surface area (Å²) in [6.07, 6.45) is -3.14. The molecule has 0 aromatic carbocycles. The van der Waals surface area contributed by atoms with E-state index in [2.05, 4.69) is 4.98 Å². The van der Waals surface area contributed by atoms with Crippen LogP contribution in [0.4, 0.5) is 13.2 Å². The Morgan fingerprint density at radius 3 is 2.52 bits per heavy atom. The second kappa shape index (κ2) is 6.21. The van der Waals surface area contributed by atoms with Crippen LogP contribution in [0, 0.1) is 0 Å². The Balaban J connectivity index is 2.19. The van der Waals surface area contributed by atoms with Crippen molar-refractivity contribution in [3.63, 3.8) is 0 Å². The first-order chi connectivity index (χ1) is 12.4. The van der Waals surface area contributed by atoms with Crippen molar-refractivity contribution >= 4 is 27.5 Å². The van der Waals surface area contributed by atoms with Gasteiger partial charge in [-0.25, -0.2) is 13.4 Å². The molecule has 27 heavy (non-hydrogen) atoms. The van der Waals surface area contributed by atoms with Gasteiger partial charge in [0.05, 0.1) is 0 Å². The predicted molar refractivity (Wildman–Crippen MR) is 90.5 cm³/mol. The van der Waals surface area contributed by atoms with Gasteiger partial charge in [0.15, 0.2) is 0 Å². The number of aryl methyl sites for hydroxylation is 1. The van der Waals surface area contributed by atoms with E-state index in [0.717, 1.165) is 10.8 Å². The number of hydrogen-bond acceptors (Lipinski definition) is 4. The molecule has 3 N–H and O–H groups in total. The summed E-state index contributed by atoms with van der Waals surface area (Å²) in [4.78, 5) is 15.1. The fourth-order valence-corrected chi connectivity index (χ4v) is 4.71. The molecule has 0 radical (unpaired) electrons. The zero-order valence-corrected chi connectivity index (χ0v) is 15.4. The molecular formula is C15H14ClF3N4O3S. The van der Waals surface area contributed by atoms with Crippen LogP contribution in [0.5, 0.6) is 0 Å². The topological polar surface area (TPSA) is 107 Å². The summed E-state index contributed by atoms with van der Waals surface area (Å²) < 4.78 is 68.0. The van der Waals surface area contributed by atoms with Gasteiger partial charge in [-0.15, -0.1) is 0 Å². The number of sulfonamides is 1. The van der Waals surface area contributed by atoms with E-state index in [4.69, 9.17) is 17.3 Å². The van der Waals surface area contributed by atoms with Crippen molar-refractivity contribution < 1.29 is 26.4 Å². The van der Waals surface area contributed by atoms with Crippen molar-refractivity contribution in [1.29, 1.82) is 0 Å². The van der Waals surface area contributed by atoms with Gasteiger partial charge in [-0.1, -0.05) is 11.6 Å². The molecule has 0 bridgehead atoms. The molecule has 1 aliphatic rings. The number of alkyl halides is 3. The number of carbonyl (C=O) groups is 1. The third-order valence-electron chi connectivity index (χ3n) is 4.31. The number of rotatable bonds is 5. The summed E-state index contributed by atoms with van der Waals surface area (Å²) in [6.45, 7) is 0. The lowest BCUT2D eigenvalue weighted by atomic mass is 10.1. The summed E-state index contributed by atoms with van der Waals surface area (Å²) in [5.74, 6) is -0.946. The summed E-state index contributed by atoms with van der Waals surface area (Å²) >= 11 is 5.83. The van der Waals surface area contributed by atoms with E-state index in [1.165, 1.54) is 25.4 Å². The number of nitrogens with zero attached hydrogens (tertiary/aromatic N) is 2. The first-order valence-corrected chi connectivity index (χ1v) is 9.46. The minimum atomic E-state index is -4.73. The van der Waals surface area contributed by atoms with Crippen molar-refractivity contribution in [2.24, 2.45) is 12.8 Å². The number of nitrogens with two attached hydrogens (primary N) is 1. The minimum Gasteiger partial charge on any atom is -0.364 e. The fourth-order valence-electron chi connectivity index (χ4n) is 2.82. The molecule has 2 heterocycles. The molecule has 3 rings (SSSR count). The number of carbonyl (C=O) groups excluding carboxylic acids is 1. The van der Waals surface area contributed by atoms with Crippen LogP contribution in [-0.2, 0) is 17.1 Å². The van der Waals surface area contributed by atoms with E-state index < -0.39 is 32.5 Å². The third kappa shape index (κ3) is 3.42. The highest BCUT2D eigenvalue weighted by Gasteiger charge is 2.65. The van der Waals surface area contributed by atoms with Gasteiger partial charge in [-0.3, -0.25) is 4.79 Å². The number of halogens is 4. The van der Waals surface area contributed by atoms with Gasteiger partial charge in [0.2, 0.25) is 10.0 Å². The highest BCUT2D eigenvalue weighted by molar-refractivity contribution is 7.89. The molecule has 146 valence electrons. The van der Waals surface area contributed by atoms with Crippen molar-refractivity contribution in [3.05, 3.63) is 35.4 Å². The highest BCUT2D eigenvalue weighted by Crippen LogP contribution is 2.50. The Hall–Kier alpha value is -2.11. The first kappa shape index (κ1) is 19.6. The lowest BCUT2D eigenvalue weighted by Gasteiger charge is -2.20. The Kier molecular flexibility index (Phi) is 4.52. The van der Waals surface area contributed by atoms with Crippen LogP contribution in [0.15, 0.2) is 29.4 Å². The molecule has 2 aromatic rings. The van der Waals surface area contributed by atoms with E-state index >= 15 is 0 Å². The van der Waals surface area contributed by atoms with Gasteiger partial charge in [-0.05, 0) is 30.5 Å². The minimum absolute atomic E-state index is 0.0111. The number of primary amides is 1. The van der Waals surface area contributed by atoms with E-state index in [-0.39, 0.29) is 34.8 Å². The Labute approximate surface area is 157 Å². The summed E-state index contributed by atoms with van der Waals surface area (Å²) in [5.41, 5.74) is 2.71. The van der Waals surface area contributed by atoms with Gasteiger partial charge >= 0.3 is 6.18 Å². The molecule has 1 amide bonds. The average Bonchev–Trinajstić information content (AvgIpc) is 3.21. The molecule has 7 nitrogen and oxygen atoms in total. The van der Waals surface area contributed by atoms with Crippen LogP contribution < -0.4 is 10.5 Å². The molecule has 2 aromatic heterocycles. The Morgan fingerprint density at radius 1 is 1.41 bits per heavy atom. The molecule has 0 saturated heterocycles. The maximum Gasteiger partial charge on any atom is 0.407 e. The molecule has 12 heteroatoms. The van der Waals surface area contributed by atoms with Gasteiger partial charge in [0, 0.05) is 25.0 Å². The van der Waals surface area contributed by atoms with Gasteiger partial charge in [-0.2, -0.15) is 17.9 Å². The summed E-state index contributed by atoms with van der Waals surface area (Å²) in [7, 11) is -3.26. The molecule has 0 unspecified atom stereocenters. The number of amides is 1. The van der Waals surface area contributed by atoms with Crippen LogP contribution >= 0.6 is 11.6 Å². The van der Waals surface area contributed by atoms with E-state index in [9.17, 15) is 26.4 Å². The van der Waals surface area contributed by atoms with Crippen molar-refractivity contribution in [1.82, 2.24) is 14.3 Å². The van der Waals surface area contributed by atoms with Crippen molar-refractivity contribution in [2.75, 3.05) is 0 Å². The third-order valence-corrected chi connectivity index (χ3v) is 6.06. The highest BCUT2D eigenvalue weighted by atomic mass is 35.5. The van der Waals surface area contributed by atoms with E-state index in [1.807, 2.05) is 0 Å². The van der Waals surface area contributed by atoms with Gasteiger partial charge in [0.25, 0.3) is 5.91 Å². The Morgan fingerprint density at radius 2 is 2.04 bits per heavy atom. The summed E-state index contributed by atoms with van der Waals surface area (Å²) in [5, 5.41) is 0.0111. The van der Waals surface area contributed by atoms with Crippen molar-refractivity contribution in [3.8, 4) is 11.1 Å². The number of aromatic nitrogens is 2. The van der Waals surface area contributed by atoms with Crippen LogP contribution in [-0.4, -0.2) is 35.6 Å². The number of pyridine rings is 1. The normalized spacial score (nSPS) is 16.3. The quantitative estimate of drug-likeness (QED) is 0.720.